The van der Waals surface area contributed by atoms with Crippen molar-refractivity contribution < 1.29 is 0 Å². The zero-order valence-electron chi connectivity index (χ0n) is 10.3. The zero-order valence-corrected chi connectivity index (χ0v) is 11.9. The molecule has 3 rings (SSSR count). The maximum Gasteiger partial charge on any atom is 0.243 e. The Morgan fingerprint density at radius 1 is 1.44 bits per heavy atom. The summed E-state index contributed by atoms with van der Waals surface area (Å²) in [6.45, 7) is 4.32. The van der Waals surface area contributed by atoms with Crippen molar-refractivity contribution in [1.82, 2.24) is 19.9 Å². The Labute approximate surface area is 114 Å². The Morgan fingerprint density at radius 2 is 2.22 bits per heavy atom. The van der Waals surface area contributed by atoms with E-state index in [0.717, 1.165) is 36.1 Å². The van der Waals surface area contributed by atoms with Crippen LogP contribution in [0.25, 0.3) is 5.65 Å². The number of nitrogens with one attached hydrogen (secondary N) is 2. The van der Waals surface area contributed by atoms with Gasteiger partial charge in [0.1, 0.15) is 0 Å². The summed E-state index contributed by atoms with van der Waals surface area (Å²) in [4.78, 5) is 4.53. The minimum atomic E-state index is 0.0860. The van der Waals surface area contributed by atoms with Crippen molar-refractivity contribution in [2.24, 2.45) is 0 Å². The van der Waals surface area contributed by atoms with Crippen molar-refractivity contribution in [2.45, 2.75) is 25.3 Å². The molecule has 0 aromatic carbocycles. The molecule has 6 heteroatoms. The highest BCUT2D eigenvalue weighted by atomic mass is 79.9. The van der Waals surface area contributed by atoms with Crippen LogP contribution in [0.2, 0.25) is 0 Å². The van der Waals surface area contributed by atoms with Gasteiger partial charge in [0.15, 0.2) is 5.65 Å². The first kappa shape index (κ1) is 11.9. The standard InChI is InChI=1S/C12H16BrN5/c1-12(4-6-14-7-5-12)16-11-15-10-9(13)3-2-8-18(10)17-11/h2-3,8,14H,4-7H2,1H3,(H,16,17). The Morgan fingerprint density at radius 3 is 2.94 bits per heavy atom. The molecule has 18 heavy (non-hydrogen) atoms. The highest BCUT2D eigenvalue weighted by Crippen LogP contribution is 2.23. The van der Waals surface area contributed by atoms with Crippen molar-refractivity contribution >= 4 is 27.5 Å². The number of fused-ring (bicyclic) bond motifs is 1. The predicted molar refractivity (Wildman–Crippen MR) is 74.8 cm³/mol. The van der Waals surface area contributed by atoms with Gasteiger partial charge in [-0.25, -0.2) is 4.52 Å². The maximum atomic E-state index is 4.53. The second kappa shape index (κ2) is 4.51. The maximum absolute atomic E-state index is 4.53. The largest absolute Gasteiger partial charge is 0.348 e. The minimum Gasteiger partial charge on any atom is -0.348 e. The SMILES string of the molecule is CC1(Nc2nc3c(Br)cccn3n2)CCNCC1. The highest BCUT2D eigenvalue weighted by molar-refractivity contribution is 9.10. The van der Waals surface area contributed by atoms with Gasteiger partial charge in [0.25, 0.3) is 0 Å². The van der Waals surface area contributed by atoms with Gasteiger partial charge >= 0.3 is 0 Å². The van der Waals surface area contributed by atoms with Gasteiger partial charge in [-0.1, -0.05) is 0 Å². The number of hydrogen-bond acceptors (Lipinski definition) is 4. The molecule has 0 saturated carbocycles. The van der Waals surface area contributed by atoms with Crippen LogP contribution >= 0.6 is 15.9 Å². The van der Waals surface area contributed by atoms with Crippen molar-refractivity contribution in [1.29, 1.82) is 0 Å². The zero-order chi connectivity index (χ0) is 12.6. The molecule has 0 bridgehead atoms. The quantitative estimate of drug-likeness (QED) is 0.891. The van der Waals surface area contributed by atoms with E-state index >= 15 is 0 Å². The topological polar surface area (TPSA) is 54.2 Å². The number of nitrogens with zero attached hydrogens (tertiary/aromatic N) is 3. The molecule has 0 amide bonds. The number of aromatic nitrogens is 3. The van der Waals surface area contributed by atoms with Crippen LogP contribution < -0.4 is 10.6 Å². The van der Waals surface area contributed by atoms with Crippen LogP contribution in [-0.2, 0) is 0 Å². The van der Waals surface area contributed by atoms with Crippen molar-refractivity contribution in [2.75, 3.05) is 18.4 Å². The first-order valence-corrected chi connectivity index (χ1v) is 6.95. The summed E-state index contributed by atoms with van der Waals surface area (Å²) in [6, 6.07) is 3.92. The fraction of sp³-hybridized carbons (Fsp3) is 0.500. The summed E-state index contributed by atoms with van der Waals surface area (Å²) in [6.07, 6.45) is 4.08. The molecule has 2 aromatic rings. The van der Waals surface area contributed by atoms with E-state index in [1.54, 1.807) is 4.52 Å². The van der Waals surface area contributed by atoms with E-state index in [-0.39, 0.29) is 5.54 Å². The average molecular weight is 310 g/mol. The fourth-order valence-electron chi connectivity index (χ4n) is 2.30. The Hall–Kier alpha value is -1.14. The molecule has 96 valence electrons. The summed E-state index contributed by atoms with van der Waals surface area (Å²) >= 11 is 3.49. The van der Waals surface area contributed by atoms with Crippen LogP contribution in [0.5, 0.6) is 0 Å². The molecule has 0 aliphatic carbocycles. The average Bonchev–Trinajstić information content (AvgIpc) is 2.73. The minimum absolute atomic E-state index is 0.0860. The van der Waals surface area contributed by atoms with Crippen molar-refractivity contribution in [3.63, 3.8) is 0 Å². The van der Waals surface area contributed by atoms with Gasteiger partial charge in [0, 0.05) is 11.7 Å². The molecule has 3 heterocycles. The summed E-state index contributed by atoms with van der Waals surface area (Å²) in [5.41, 5.74) is 0.931. The monoisotopic (exact) mass is 309 g/mol. The van der Waals surface area contributed by atoms with E-state index in [4.69, 9.17) is 0 Å². The molecule has 0 unspecified atom stereocenters. The molecular weight excluding hydrogens is 294 g/mol. The molecule has 0 spiro atoms. The van der Waals surface area contributed by atoms with E-state index in [2.05, 4.69) is 43.6 Å². The summed E-state index contributed by atoms with van der Waals surface area (Å²) in [7, 11) is 0. The van der Waals surface area contributed by atoms with Crippen molar-refractivity contribution in [3.8, 4) is 0 Å². The lowest BCUT2D eigenvalue weighted by Gasteiger charge is -2.34. The smallest absolute Gasteiger partial charge is 0.243 e. The first-order chi connectivity index (χ1) is 8.66. The lowest BCUT2D eigenvalue weighted by atomic mass is 9.91. The van der Waals surface area contributed by atoms with Gasteiger partial charge in [-0.15, -0.1) is 5.10 Å². The predicted octanol–water partition coefficient (Wildman–Crippen LogP) is 2.05. The molecular formula is C12H16BrN5. The Bertz CT molecular complexity index is 559. The van der Waals surface area contributed by atoms with Crippen LogP contribution in [0.4, 0.5) is 5.95 Å². The highest BCUT2D eigenvalue weighted by Gasteiger charge is 2.27. The summed E-state index contributed by atoms with van der Waals surface area (Å²) in [5, 5.41) is 11.3. The summed E-state index contributed by atoms with van der Waals surface area (Å²) in [5.74, 6) is 0.700. The third kappa shape index (κ3) is 2.22. The second-order valence-electron chi connectivity index (χ2n) is 5.00. The number of anilines is 1. The van der Waals surface area contributed by atoms with Gasteiger partial charge in [-0.05, 0) is 60.9 Å². The number of rotatable bonds is 2. The number of hydrogen-bond donors (Lipinski definition) is 2. The Kier molecular flexibility index (Phi) is 2.99. The molecule has 1 fully saturated rings. The molecule has 0 radical (unpaired) electrons. The van der Waals surface area contributed by atoms with Crippen LogP contribution in [0.15, 0.2) is 22.8 Å². The molecule has 0 atom stereocenters. The molecule has 1 saturated heterocycles. The molecule has 2 N–H and O–H groups in total. The molecule has 1 aliphatic heterocycles. The van der Waals surface area contributed by atoms with E-state index in [9.17, 15) is 0 Å². The van der Waals surface area contributed by atoms with Crippen LogP contribution in [0.1, 0.15) is 19.8 Å². The summed E-state index contributed by atoms with van der Waals surface area (Å²) < 4.78 is 2.75. The first-order valence-electron chi connectivity index (χ1n) is 6.16. The van der Waals surface area contributed by atoms with E-state index in [1.165, 1.54) is 0 Å². The lowest BCUT2D eigenvalue weighted by molar-refractivity contribution is 0.363. The number of piperidine rings is 1. The van der Waals surface area contributed by atoms with Gasteiger partial charge < -0.3 is 10.6 Å². The third-order valence-corrected chi connectivity index (χ3v) is 4.05. The molecule has 2 aromatic heterocycles. The van der Waals surface area contributed by atoms with E-state index in [1.807, 2.05) is 18.3 Å². The van der Waals surface area contributed by atoms with Gasteiger partial charge in [0.05, 0.1) is 4.47 Å². The third-order valence-electron chi connectivity index (χ3n) is 3.44. The van der Waals surface area contributed by atoms with Gasteiger partial charge in [-0.2, -0.15) is 4.98 Å². The fourth-order valence-corrected chi connectivity index (χ4v) is 2.72. The van der Waals surface area contributed by atoms with Crippen molar-refractivity contribution in [3.05, 3.63) is 22.8 Å². The van der Waals surface area contributed by atoms with Crippen LogP contribution in [-0.4, -0.2) is 33.2 Å². The van der Waals surface area contributed by atoms with Crippen LogP contribution in [0, 0.1) is 0 Å². The van der Waals surface area contributed by atoms with Gasteiger partial charge in [0.2, 0.25) is 5.95 Å². The van der Waals surface area contributed by atoms with Crippen LogP contribution in [0.3, 0.4) is 0 Å². The van der Waals surface area contributed by atoms with E-state index < -0.39 is 0 Å². The normalized spacial score (nSPS) is 19.0. The lowest BCUT2D eigenvalue weighted by Crippen LogP contribution is -2.45. The van der Waals surface area contributed by atoms with E-state index in [0.29, 0.717) is 5.95 Å². The number of pyridine rings is 1. The second-order valence-corrected chi connectivity index (χ2v) is 5.85. The Balaban J connectivity index is 1.88. The number of halogens is 1. The molecule has 1 aliphatic rings. The molecule has 5 nitrogen and oxygen atoms in total. The van der Waals surface area contributed by atoms with Gasteiger partial charge in [-0.3, -0.25) is 0 Å².